The van der Waals surface area contributed by atoms with E-state index in [9.17, 15) is 9.18 Å². The lowest BCUT2D eigenvalue weighted by Crippen LogP contribution is -2.31. The minimum atomic E-state index is -0.283. The van der Waals surface area contributed by atoms with Gasteiger partial charge in [-0.1, -0.05) is 11.8 Å². The molecule has 0 unspecified atom stereocenters. The summed E-state index contributed by atoms with van der Waals surface area (Å²) < 4.78 is 12.5. The average Bonchev–Trinajstić information content (AvgIpc) is 2.71. The van der Waals surface area contributed by atoms with Crippen molar-refractivity contribution in [2.45, 2.75) is 25.8 Å². The summed E-state index contributed by atoms with van der Waals surface area (Å²) in [5.74, 6) is 5.93. The molecule has 0 N–H and O–H groups in total. The lowest BCUT2D eigenvalue weighted by molar-refractivity contribution is -0.126. The van der Waals surface area contributed by atoms with E-state index in [1.807, 2.05) is 0 Å². The smallest absolute Gasteiger partial charge is 0.219 e. The maximum Gasteiger partial charge on any atom is 0.219 e. The van der Waals surface area contributed by atoms with Crippen molar-refractivity contribution >= 4 is 5.91 Å². The number of carbonyl (C=O) groups excluding carboxylic acids is 1. The molecule has 0 aromatic carbocycles. The second kappa shape index (κ2) is 6.49. The second-order valence-corrected chi connectivity index (χ2v) is 4.15. The van der Waals surface area contributed by atoms with Crippen LogP contribution >= 0.6 is 0 Å². The lowest BCUT2D eigenvalue weighted by Gasteiger charge is -2.18. The number of hydrogen-bond acceptors (Lipinski definition) is 2. The topological polar surface area (TPSA) is 23.6 Å². The van der Waals surface area contributed by atoms with E-state index in [-0.39, 0.29) is 18.6 Å². The first kappa shape index (κ1) is 13.0. The molecule has 0 radical (unpaired) electrons. The highest BCUT2D eigenvalue weighted by Crippen LogP contribution is 2.16. The van der Waals surface area contributed by atoms with Crippen molar-refractivity contribution in [3.8, 4) is 11.8 Å². The van der Waals surface area contributed by atoms with Crippen molar-refractivity contribution in [2.24, 2.45) is 0 Å². The summed E-state index contributed by atoms with van der Waals surface area (Å²) in [6.07, 6.45) is 2.00. The van der Waals surface area contributed by atoms with Crippen LogP contribution in [0.1, 0.15) is 19.8 Å². The van der Waals surface area contributed by atoms with Gasteiger partial charge in [-0.3, -0.25) is 9.69 Å². The molecule has 0 aliphatic carbocycles. The average molecular weight is 226 g/mol. The minimum Gasteiger partial charge on any atom is -0.335 e. The number of likely N-dealkylation sites (tertiary alicyclic amines) is 1. The van der Waals surface area contributed by atoms with Gasteiger partial charge in [0.25, 0.3) is 0 Å². The maximum atomic E-state index is 12.5. The van der Waals surface area contributed by atoms with E-state index < -0.39 is 0 Å². The molecule has 1 heterocycles. The predicted molar refractivity (Wildman–Crippen MR) is 61.7 cm³/mol. The number of hydrogen-bond donors (Lipinski definition) is 0. The first-order valence-electron chi connectivity index (χ1n) is 5.62. The minimum absolute atomic E-state index is 0.0112. The molecule has 1 rings (SSSR count). The van der Waals surface area contributed by atoms with Crippen molar-refractivity contribution in [2.75, 3.05) is 33.4 Å². The van der Waals surface area contributed by atoms with Crippen LogP contribution < -0.4 is 0 Å². The molecule has 90 valence electrons. The Morgan fingerprint density at radius 2 is 2.31 bits per heavy atom. The van der Waals surface area contributed by atoms with E-state index in [1.54, 1.807) is 11.9 Å². The van der Waals surface area contributed by atoms with Crippen LogP contribution in [-0.2, 0) is 4.79 Å². The molecule has 1 aliphatic heterocycles. The van der Waals surface area contributed by atoms with E-state index in [4.69, 9.17) is 0 Å². The van der Waals surface area contributed by atoms with E-state index in [1.165, 1.54) is 6.92 Å². The summed E-state index contributed by atoms with van der Waals surface area (Å²) in [5, 5.41) is 0. The van der Waals surface area contributed by atoms with Gasteiger partial charge in [0, 0.05) is 20.0 Å². The van der Waals surface area contributed by atoms with Gasteiger partial charge in [0.15, 0.2) is 0 Å². The Morgan fingerprint density at radius 1 is 1.56 bits per heavy atom. The normalized spacial score (nSPS) is 20.3. The Bertz CT molecular complexity index is 295. The number of rotatable bonds is 3. The van der Waals surface area contributed by atoms with Gasteiger partial charge >= 0.3 is 0 Å². The standard InChI is InChI=1S/C12H19FN2O/c1-11(16)14(2)7-3-4-8-15-9-5-6-12(15)10-13/h12H,5-10H2,1-2H3/t12-/m1/s1. The van der Waals surface area contributed by atoms with Crippen LogP contribution in [-0.4, -0.2) is 55.1 Å². The first-order valence-corrected chi connectivity index (χ1v) is 5.62. The summed E-state index contributed by atoms with van der Waals surface area (Å²) in [7, 11) is 1.72. The van der Waals surface area contributed by atoms with Crippen LogP contribution in [0.5, 0.6) is 0 Å². The van der Waals surface area contributed by atoms with Crippen molar-refractivity contribution in [3.63, 3.8) is 0 Å². The third kappa shape index (κ3) is 3.82. The van der Waals surface area contributed by atoms with Gasteiger partial charge in [-0.25, -0.2) is 4.39 Å². The van der Waals surface area contributed by atoms with E-state index in [0.29, 0.717) is 13.1 Å². The summed E-state index contributed by atoms with van der Waals surface area (Å²) in [6.45, 7) is 3.23. The van der Waals surface area contributed by atoms with Crippen LogP contribution in [0.4, 0.5) is 4.39 Å². The second-order valence-electron chi connectivity index (χ2n) is 4.15. The Labute approximate surface area is 96.6 Å². The van der Waals surface area contributed by atoms with Gasteiger partial charge in [0.1, 0.15) is 6.67 Å². The highest BCUT2D eigenvalue weighted by atomic mass is 19.1. The number of halogens is 1. The molecule has 0 aromatic rings. The number of amides is 1. The number of carbonyl (C=O) groups is 1. The molecule has 0 bridgehead atoms. The van der Waals surface area contributed by atoms with Crippen LogP contribution in [0, 0.1) is 11.8 Å². The molecule has 1 atom stereocenters. The van der Waals surface area contributed by atoms with Gasteiger partial charge in [-0.05, 0) is 19.4 Å². The fourth-order valence-electron chi connectivity index (χ4n) is 1.72. The van der Waals surface area contributed by atoms with Crippen molar-refractivity contribution in [1.29, 1.82) is 0 Å². The van der Waals surface area contributed by atoms with Crippen molar-refractivity contribution < 1.29 is 9.18 Å². The Morgan fingerprint density at radius 3 is 2.94 bits per heavy atom. The molecule has 16 heavy (non-hydrogen) atoms. The highest BCUT2D eigenvalue weighted by molar-refractivity contribution is 5.73. The molecule has 1 aliphatic rings. The molecule has 0 saturated carbocycles. The van der Waals surface area contributed by atoms with E-state index >= 15 is 0 Å². The zero-order valence-electron chi connectivity index (χ0n) is 10.0. The molecule has 4 heteroatoms. The Hall–Kier alpha value is -1.08. The molecular formula is C12H19FN2O. The number of nitrogens with zero attached hydrogens (tertiary/aromatic N) is 2. The molecule has 0 spiro atoms. The van der Waals surface area contributed by atoms with Gasteiger partial charge in [0.05, 0.1) is 13.1 Å². The largest absolute Gasteiger partial charge is 0.335 e. The van der Waals surface area contributed by atoms with Gasteiger partial charge in [-0.2, -0.15) is 0 Å². The SMILES string of the molecule is CC(=O)N(C)CC#CCN1CCC[C@@H]1CF. The molecule has 1 amide bonds. The predicted octanol–water partition coefficient (Wildman–Crippen LogP) is 0.902. The van der Waals surface area contributed by atoms with Gasteiger partial charge in [0.2, 0.25) is 5.91 Å². The Balaban J connectivity index is 2.28. The fraction of sp³-hybridized carbons (Fsp3) is 0.750. The maximum absolute atomic E-state index is 12.5. The van der Waals surface area contributed by atoms with Crippen LogP contribution in [0.25, 0.3) is 0 Å². The molecular weight excluding hydrogens is 207 g/mol. The van der Waals surface area contributed by atoms with E-state index in [0.717, 1.165) is 19.4 Å². The monoisotopic (exact) mass is 226 g/mol. The molecule has 1 saturated heterocycles. The third-order valence-corrected chi connectivity index (χ3v) is 2.94. The third-order valence-electron chi connectivity index (χ3n) is 2.94. The quantitative estimate of drug-likeness (QED) is 0.668. The lowest BCUT2D eigenvalue weighted by atomic mass is 10.2. The summed E-state index contributed by atoms with van der Waals surface area (Å²) in [5.41, 5.74) is 0. The summed E-state index contributed by atoms with van der Waals surface area (Å²) in [6, 6.07) is 0.0554. The van der Waals surface area contributed by atoms with Crippen molar-refractivity contribution in [3.05, 3.63) is 0 Å². The van der Waals surface area contributed by atoms with E-state index in [2.05, 4.69) is 16.7 Å². The zero-order valence-corrected chi connectivity index (χ0v) is 10.0. The van der Waals surface area contributed by atoms with Gasteiger partial charge < -0.3 is 4.90 Å². The molecule has 1 fully saturated rings. The van der Waals surface area contributed by atoms with Crippen molar-refractivity contribution in [1.82, 2.24) is 9.80 Å². The molecule has 3 nitrogen and oxygen atoms in total. The van der Waals surface area contributed by atoms with Crippen LogP contribution in [0.3, 0.4) is 0 Å². The van der Waals surface area contributed by atoms with Crippen LogP contribution in [0.15, 0.2) is 0 Å². The molecule has 0 aromatic heterocycles. The summed E-state index contributed by atoms with van der Waals surface area (Å²) >= 11 is 0. The zero-order chi connectivity index (χ0) is 12.0. The summed E-state index contributed by atoms with van der Waals surface area (Å²) in [4.78, 5) is 14.5. The van der Waals surface area contributed by atoms with Crippen LogP contribution in [0.2, 0.25) is 0 Å². The number of alkyl halides is 1. The first-order chi connectivity index (χ1) is 7.65. The van der Waals surface area contributed by atoms with Gasteiger partial charge in [-0.15, -0.1) is 0 Å². The Kier molecular flexibility index (Phi) is 5.27. The fourth-order valence-corrected chi connectivity index (χ4v) is 1.72. The highest BCUT2D eigenvalue weighted by Gasteiger charge is 2.22.